The van der Waals surface area contributed by atoms with E-state index < -0.39 is 0 Å². The lowest BCUT2D eigenvalue weighted by atomic mass is 9.66. The van der Waals surface area contributed by atoms with Crippen LogP contribution in [0.2, 0.25) is 0 Å². The summed E-state index contributed by atoms with van der Waals surface area (Å²) in [5.41, 5.74) is 5.52. The third-order valence-corrected chi connectivity index (χ3v) is 9.04. The highest BCUT2D eigenvalue weighted by molar-refractivity contribution is 7.21. The van der Waals surface area contributed by atoms with Crippen LogP contribution in [0.25, 0.3) is 26.9 Å². The van der Waals surface area contributed by atoms with Gasteiger partial charge in [0, 0.05) is 7.11 Å². The predicted molar refractivity (Wildman–Crippen MR) is 158 cm³/mol. The van der Waals surface area contributed by atoms with E-state index in [0.717, 1.165) is 68.6 Å². The lowest BCUT2D eigenvalue weighted by Crippen LogP contribution is -2.42. The number of nitrogens with zero attached hydrogens (tertiary/aromatic N) is 1. The second kappa shape index (κ2) is 11.3. The van der Waals surface area contributed by atoms with Crippen LogP contribution in [-0.4, -0.2) is 24.8 Å². The Labute approximate surface area is 230 Å². The average molecular weight is 528 g/mol. The van der Waals surface area contributed by atoms with Crippen LogP contribution in [0.4, 0.5) is 0 Å². The highest BCUT2D eigenvalue weighted by Crippen LogP contribution is 2.49. The van der Waals surface area contributed by atoms with Crippen LogP contribution in [0.1, 0.15) is 57.1 Å². The van der Waals surface area contributed by atoms with Crippen molar-refractivity contribution < 1.29 is 14.2 Å². The van der Waals surface area contributed by atoms with Crippen LogP contribution in [0, 0.1) is 5.92 Å². The van der Waals surface area contributed by atoms with Crippen molar-refractivity contribution in [3.05, 3.63) is 83.4 Å². The number of ether oxygens (including phenoxy) is 3. The Morgan fingerprint density at radius 2 is 1.82 bits per heavy atom. The van der Waals surface area contributed by atoms with Gasteiger partial charge in [-0.1, -0.05) is 62.4 Å². The molecule has 4 aromatic rings. The molecule has 0 amide bonds. The Balaban J connectivity index is 0.00000294. The van der Waals surface area contributed by atoms with Gasteiger partial charge in [0.05, 0.1) is 23.0 Å². The monoisotopic (exact) mass is 527 g/mol. The molecule has 0 radical (unpaired) electrons. The fourth-order valence-electron chi connectivity index (χ4n) is 6.07. The molecule has 0 spiro atoms. The summed E-state index contributed by atoms with van der Waals surface area (Å²) in [6, 6.07) is 22.8. The van der Waals surface area contributed by atoms with Crippen molar-refractivity contribution >= 4 is 27.6 Å². The van der Waals surface area contributed by atoms with Crippen molar-refractivity contribution in [3.63, 3.8) is 0 Å². The molecule has 0 N–H and O–H groups in total. The zero-order chi connectivity index (χ0) is 25.2. The van der Waals surface area contributed by atoms with E-state index in [1.165, 1.54) is 24.8 Å². The zero-order valence-electron chi connectivity index (χ0n) is 21.5. The van der Waals surface area contributed by atoms with Gasteiger partial charge in [0.15, 0.2) is 0 Å². The molecule has 38 heavy (non-hydrogen) atoms. The van der Waals surface area contributed by atoms with Gasteiger partial charge in [0.25, 0.3) is 0 Å². The SMILES string of the molecule is C.COc1cc(C=C2CCC3CCCC2(OC)C3)cc2sc(-c3ccccc3OCc3ccccc3)nc12. The second-order valence-electron chi connectivity index (χ2n) is 10.2. The number of rotatable bonds is 7. The highest BCUT2D eigenvalue weighted by Gasteiger charge is 2.42. The molecule has 5 heteroatoms. The molecule has 3 aromatic carbocycles. The third kappa shape index (κ3) is 5.10. The molecule has 2 saturated carbocycles. The average Bonchev–Trinajstić information content (AvgIpc) is 3.38. The first-order valence-electron chi connectivity index (χ1n) is 13.2. The van der Waals surface area contributed by atoms with Gasteiger partial charge in [-0.05, 0) is 79.0 Å². The van der Waals surface area contributed by atoms with Gasteiger partial charge >= 0.3 is 0 Å². The number of hydrogen-bond acceptors (Lipinski definition) is 5. The molecule has 2 bridgehead atoms. The molecule has 2 unspecified atom stereocenters. The fourth-order valence-corrected chi connectivity index (χ4v) is 7.13. The van der Waals surface area contributed by atoms with E-state index >= 15 is 0 Å². The Bertz CT molecular complexity index is 1430. The van der Waals surface area contributed by atoms with Gasteiger partial charge in [0.1, 0.15) is 28.6 Å². The van der Waals surface area contributed by atoms with Crippen molar-refractivity contribution in [1.82, 2.24) is 4.98 Å². The predicted octanol–water partition coefficient (Wildman–Crippen LogP) is 8.94. The van der Waals surface area contributed by atoms with Crippen LogP contribution in [0.15, 0.2) is 72.3 Å². The van der Waals surface area contributed by atoms with Crippen LogP contribution < -0.4 is 9.47 Å². The third-order valence-electron chi connectivity index (χ3n) is 8.01. The number of thiazole rings is 1. The van der Waals surface area contributed by atoms with E-state index in [4.69, 9.17) is 19.2 Å². The standard InChI is InChI=1S/C32H33NO3S.CH4/c1-34-28-18-24(17-25-15-14-22-11-8-16-32(25,20-22)35-2)19-29-30(28)33-31(37-29)26-12-6-7-13-27(26)36-21-23-9-4-3-5-10-23;/h3-7,9-10,12-13,17-19,22H,8,11,14-16,20-21H2,1-2H3;1H4. The van der Waals surface area contributed by atoms with E-state index in [1.54, 1.807) is 18.4 Å². The summed E-state index contributed by atoms with van der Waals surface area (Å²) in [5, 5.41) is 0.933. The molecule has 0 saturated heterocycles. The van der Waals surface area contributed by atoms with E-state index in [1.807, 2.05) is 43.5 Å². The van der Waals surface area contributed by atoms with Gasteiger partial charge in [-0.15, -0.1) is 11.3 Å². The van der Waals surface area contributed by atoms with Crippen molar-refractivity contribution in [1.29, 1.82) is 0 Å². The van der Waals surface area contributed by atoms with Crippen molar-refractivity contribution in [2.24, 2.45) is 5.92 Å². The first-order chi connectivity index (χ1) is 18.2. The van der Waals surface area contributed by atoms with E-state index in [9.17, 15) is 0 Å². The summed E-state index contributed by atoms with van der Waals surface area (Å²) >= 11 is 1.68. The number of aromatic nitrogens is 1. The number of fused-ring (bicyclic) bond motifs is 3. The fraction of sp³-hybridized carbons (Fsp3) is 0.364. The van der Waals surface area contributed by atoms with Gasteiger partial charge < -0.3 is 14.2 Å². The molecule has 6 rings (SSSR count). The van der Waals surface area contributed by atoms with E-state index in [-0.39, 0.29) is 13.0 Å². The minimum atomic E-state index is -0.0999. The molecule has 0 aliphatic heterocycles. The molecule has 4 nitrogen and oxygen atoms in total. The first-order valence-corrected chi connectivity index (χ1v) is 14.0. The lowest BCUT2D eigenvalue weighted by molar-refractivity contribution is -0.0405. The highest BCUT2D eigenvalue weighted by atomic mass is 32.1. The molecule has 2 fully saturated rings. The number of para-hydroxylation sites is 1. The van der Waals surface area contributed by atoms with Gasteiger partial charge in [-0.25, -0.2) is 4.98 Å². The molecular weight excluding hydrogens is 490 g/mol. The molecule has 2 aliphatic rings. The van der Waals surface area contributed by atoms with Crippen molar-refractivity contribution in [3.8, 4) is 22.1 Å². The smallest absolute Gasteiger partial charge is 0.146 e. The topological polar surface area (TPSA) is 40.6 Å². The van der Waals surface area contributed by atoms with Gasteiger partial charge in [-0.3, -0.25) is 0 Å². The van der Waals surface area contributed by atoms with Gasteiger partial charge in [0.2, 0.25) is 0 Å². The Morgan fingerprint density at radius 1 is 1.00 bits per heavy atom. The Kier molecular flexibility index (Phi) is 7.87. The first kappa shape index (κ1) is 26.5. The van der Waals surface area contributed by atoms with Gasteiger partial charge in [-0.2, -0.15) is 0 Å². The Hall–Kier alpha value is -3.15. The molecule has 1 heterocycles. The van der Waals surface area contributed by atoms with Crippen LogP contribution >= 0.6 is 11.3 Å². The summed E-state index contributed by atoms with van der Waals surface area (Å²) in [6.07, 6.45) is 9.60. The van der Waals surface area contributed by atoms with E-state index in [2.05, 4.69) is 36.4 Å². The summed E-state index contributed by atoms with van der Waals surface area (Å²) in [5.74, 6) is 2.44. The maximum absolute atomic E-state index is 6.23. The molecule has 198 valence electrons. The Morgan fingerprint density at radius 3 is 2.63 bits per heavy atom. The van der Waals surface area contributed by atoms with Crippen LogP contribution in [0.3, 0.4) is 0 Å². The number of hydrogen-bond donors (Lipinski definition) is 0. The summed E-state index contributed by atoms with van der Waals surface area (Å²) < 4.78 is 19.4. The maximum Gasteiger partial charge on any atom is 0.146 e. The van der Waals surface area contributed by atoms with Crippen LogP contribution in [0.5, 0.6) is 11.5 Å². The molecule has 1 aromatic heterocycles. The summed E-state index contributed by atoms with van der Waals surface area (Å²) in [7, 11) is 3.61. The molecule has 2 aliphatic carbocycles. The van der Waals surface area contributed by atoms with Crippen LogP contribution in [-0.2, 0) is 11.3 Å². The minimum Gasteiger partial charge on any atom is -0.494 e. The minimum absolute atomic E-state index is 0. The summed E-state index contributed by atoms with van der Waals surface area (Å²) in [4.78, 5) is 5.01. The van der Waals surface area contributed by atoms with Crippen molar-refractivity contribution in [2.45, 2.75) is 58.2 Å². The number of benzene rings is 3. The largest absolute Gasteiger partial charge is 0.494 e. The molecular formula is C33H37NO3S. The molecule has 2 atom stereocenters. The second-order valence-corrected chi connectivity index (χ2v) is 11.3. The zero-order valence-corrected chi connectivity index (χ0v) is 22.4. The quantitative estimate of drug-likeness (QED) is 0.240. The maximum atomic E-state index is 6.23. The lowest BCUT2D eigenvalue weighted by Gasteiger charge is -2.46. The summed E-state index contributed by atoms with van der Waals surface area (Å²) in [6.45, 7) is 0.520. The normalized spacial score (nSPS) is 21.7. The van der Waals surface area contributed by atoms with E-state index in [0.29, 0.717) is 6.61 Å². The van der Waals surface area contributed by atoms with Crippen molar-refractivity contribution in [2.75, 3.05) is 14.2 Å². The number of methoxy groups -OCH3 is 2.